The second kappa shape index (κ2) is 10.4. The fraction of sp³-hybridized carbons (Fsp3) is 0.350. The third kappa shape index (κ3) is 8.67. The quantitative estimate of drug-likeness (QED) is 0.387. The number of hydrogen-bond donors (Lipinski definition) is 0. The van der Waals surface area contributed by atoms with E-state index in [0.717, 1.165) is 24.2 Å². The van der Waals surface area contributed by atoms with Crippen LogP contribution >= 0.6 is 0 Å². The Morgan fingerprint density at radius 2 is 1.78 bits per heavy atom. The first kappa shape index (κ1) is 18.8. The van der Waals surface area contributed by atoms with Crippen molar-refractivity contribution >= 4 is 12.0 Å². The topological polar surface area (TPSA) is 35.5 Å². The van der Waals surface area contributed by atoms with Crippen LogP contribution in [0.5, 0.6) is 5.75 Å². The number of methoxy groups -OCH3 is 1. The molecule has 0 atom stereocenters. The fourth-order valence-electron chi connectivity index (χ4n) is 1.88. The van der Waals surface area contributed by atoms with Crippen LogP contribution < -0.4 is 4.74 Å². The first-order valence-corrected chi connectivity index (χ1v) is 7.79. The highest BCUT2D eigenvalue weighted by Crippen LogP contribution is 2.14. The molecule has 0 radical (unpaired) electrons. The first-order valence-electron chi connectivity index (χ1n) is 7.79. The van der Waals surface area contributed by atoms with Gasteiger partial charge < -0.3 is 9.47 Å². The van der Waals surface area contributed by atoms with E-state index in [9.17, 15) is 4.79 Å². The molecule has 0 N–H and O–H groups in total. The van der Waals surface area contributed by atoms with Gasteiger partial charge in [-0.25, -0.2) is 4.79 Å². The molecule has 0 bridgehead atoms. The normalized spacial score (nSPS) is 11.4. The maximum absolute atomic E-state index is 11.0. The predicted octanol–water partition coefficient (Wildman–Crippen LogP) is 4.94. The molecule has 0 heterocycles. The zero-order valence-corrected chi connectivity index (χ0v) is 14.5. The van der Waals surface area contributed by atoms with E-state index in [-0.39, 0.29) is 5.97 Å². The van der Waals surface area contributed by atoms with Gasteiger partial charge in [0, 0.05) is 6.08 Å². The van der Waals surface area contributed by atoms with Crippen molar-refractivity contribution in [2.24, 2.45) is 0 Å². The smallest absolute Gasteiger partial charge is 0.330 e. The van der Waals surface area contributed by atoms with Gasteiger partial charge in [-0.15, -0.1) is 0 Å². The Balaban J connectivity index is 2.42. The van der Waals surface area contributed by atoms with Crippen LogP contribution in [-0.4, -0.2) is 19.7 Å². The van der Waals surface area contributed by atoms with Gasteiger partial charge in [0.1, 0.15) is 12.4 Å². The number of rotatable bonds is 8. The van der Waals surface area contributed by atoms with Crippen LogP contribution in [0.4, 0.5) is 0 Å². The van der Waals surface area contributed by atoms with Crippen LogP contribution in [0.15, 0.2) is 53.6 Å². The SMILES string of the molecule is COC(=O)/C=C\c1ccc(OC/C=C(\C)CCC=C(C)C)cc1. The average Bonchev–Trinajstić information content (AvgIpc) is 2.53. The Kier molecular flexibility index (Phi) is 8.51. The third-order valence-electron chi connectivity index (χ3n) is 3.27. The minimum atomic E-state index is -0.362. The van der Waals surface area contributed by atoms with Crippen molar-refractivity contribution in [1.29, 1.82) is 0 Å². The Morgan fingerprint density at radius 1 is 1.09 bits per heavy atom. The average molecular weight is 314 g/mol. The van der Waals surface area contributed by atoms with E-state index in [4.69, 9.17) is 4.74 Å². The van der Waals surface area contributed by atoms with Gasteiger partial charge in [-0.3, -0.25) is 0 Å². The van der Waals surface area contributed by atoms with Crippen molar-refractivity contribution in [1.82, 2.24) is 0 Å². The van der Waals surface area contributed by atoms with Gasteiger partial charge >= 0.3 is 5.97 Å². The predicted molar refractivity (Wildman–Crippen MR) is 95.4 cm³/mol. The lowest BCUT2D eigenvalue weighted by Crippen LogP contribution is -1.95. The molecular weight excluding hydrogens is 288 g/mol. The highest BCUT2D eigenvalue weighted by molar-refractivity contribution is 5.86. The standard InChI is InChI=1S/C20H26O3/c1-16(2)6-5-7-17(3)14-15-23-19-11-8-18(9-12-19)10-13-20(21)22-4/h6,8-14H,5,7,15H2,1-4H3/b13-10-,17-14+. The van der Waals surface area contributed by atoms with Crippen LogP contribution in [0, 0.1) is 0 Å². The van der Waals surface area contributed by atoms with E-state index in [0.29, 0.717) is 6.61 Å². The maximum atomic E-state index is 11.0. The van der Waals surface area contributed by atoms with Crippen LogP contribution in [0.2, 0.25) is 0 Å². The van der Waals surface area contributed by atoms with Crippen molar-refractivity contribution in [2.45, 2.75) is 33.6 Å². The van der Waals surface area contributed by atoms with E-state index in [1.54, 1.807) is 6.08 Å². The highest BCUT2D eigenvalue weighted by atomic mass is 16.5. The van der Waals surface area contributed by atoms with Gasteiger partial charge in [-0.2, -0.15) is 0 Å². The Labute approximate surface area is 139 Å². The molecule has 0 fully saturated rings. The number of ether oxygens (including phenoxy) is 2. The molecule has 0 aliphatic carbocycles. The molecule has 0 aliphatic rings. The minimum absolute atomic E-state index is 0.362. The van der Waals surface area contributed by atoms with Crippen LogP contribution in [0.1, 0.15) is 39.2 Å². The molecule has 0 aliphatic heterocycles. The number of benzene rings is 1. The van der Waals surface area contributed by atoms with Gasteiger partial charge in [-0.05, 0) is 63.5 Å². The van der Waals surface area contributed by atoms with Crippen molar-refractivity contribution in [2.75, 3.05) is 13.7 Å². The van der Waals surface area contributed by atoms with Crippen molar-refractivity contribution < 1.29 is 14.3 Å². The van der Waals surface area contributed by atoms with Gasteiger partial charge in [0.15, 0.2) is 0 Å². The molecule has 0 saturated carbocycles. The van der Waals surface area contributed by atoms with E-state index < -0.39 is 0 Å². The lowest BCUT2D eigenvalue weighted by atomic mass is 10.1. The molecule has 3 heteroatoms. The summed E-state index contributed by atoms with van der Waals surface area (Å²) < 4.78 is 10.2. The van der Waals surface area contributed by atoms with Crippen LogP contribution in [0.3, 0.4) is 0 Å². The zero-order chi connectivity index (χ0) is 17.1. The second-order valence-corrected chi connectivity index (χ2v) is 5.61. The zero-order valence-electron chi connectivity index (χ0n) is 14.5. The summed E-state index contributed by atoms with van der Waals surface area (Å²) in [5.74, 6) is 0.451. The fourth-order valence-corrected chi connectivity index (χ4v) is 1.88. The molecular formula is C20H26O3. The van der Waals surface area contributed by atoms with E-state index in [2.05, 4.69) is 37.7 Å². The number of hydrogen-bond acceptors (Lipinski definition) is 3. The summed E-state index contributed by atoms with van der Waals surface area (Å²) in [6.07, 6.45) is 9.61. The van der Waals surface area contributed by atoms with Gasteiger partial charge in [-0.1, -0.05) is 29.4 Å². The number of esters is 1. The maximum Gasteiger partial charge on any atom is 0.330 e. The summed E-state index contributed by atoms with van der Waals surface area (Å²) in [6, 6.07) is 7.59. The molecule has 0 amide bonds. The van der Waals surface area contributed by atoms with Crippen LogP contribution in [0.25, 0.3) is 6.08 Å². The van der Waals surface area contributed by atoms with E-state index in [1.165, 1.54) is 24.3 Å². The van der Waals surface area contributed by atoms with E-state index in [1.807, 2.05) is 24.3 Å². The molecule has 0 saturated heterocycles. The molecule has 0 spiro atoms. The van der Waals surface area contributed by atoms with Crippen molar-refractivity contribution in [3.63, 3.8) is 0 Å². The summed E-state index contributed by atoms with van der Waals surface area (Å²) >= 11 is 0. The van der Waals surface area contributed by atoms with Gasteiger partial charge in [0.25, 0.3) is 0 Å². The number of carbonyl (C=O) groups is 1. The van der Waals surface area contributed by atoms with Crippen LogP contribution in [-0.2, 0) is 9.53 Å². The minimum Gasteiger partial charge on any atom is -0.490 e. The van der Waals surface area contributed by atoms with Gasteiger partial charge in [0.05, 0.1) is 7.11 Å². The summed E-state index contributed by atoms with van der Waals surface area (Å²) in [6.45, 7) is 6.93. The molecule has 1 rings (SSSR count). The molecule has 1 aromatic rings. The molecule has 1 aromatic carbocycles. The molecule has 124 valence electrons. The molecule has 23 heavy (non-hydrogen) atoms. The van der Waals surface area contributed by atoms with Crippen molar-refractivity contribution in [3.05, 3.63) is 59.2 Å². The Morgan fingerprint density at radius 3 is 2.39 bits per heavy atom. The number of allylic oxidation sites excluding steroid dienone is 3. The van der Waals surface area contributed by atoms with Crippen molar-refractivity contribution in [3.8, 4) is 5.75 Å². The molecule has 3 nitrogen and oxygen atoms in total. The summed E-state index contributed by atoms with van der Waals surface area (Å²) in [4.78, 5) is 11.0. The lowest BCUT2D eigenvalue weighted by molar-refractivity contribution is -0.134. The molecule has 0 unspecified atom stereocenters. The first-order chi connectivity index (χ1) is 11.0. The lowest BCUT2D eigenvalue weighted by Gasteiger charge is -2.05. The Bertz CT molecular complexity index is 573. The molecule has 0 aromatic heterocycles. The second-order valence-electron chi connectivity index (χ2n) is 5.61. The third-order valence-corrected chi connectivity index (χ3v) is 3.27. The largest absolute Gasteiger partial charge is 0.490 e. The monoisotopic (exact) mass is 314 g/mol. The highest BCUT2D eigenvalue weighted by Gasteiger charge is 1.95. The Hall–Kier alpha value is -2.29. The van der Waals surface area contributed by atoms with E-state index >= 15 is 0 Å². The van der Waals surface area contributed by atoms with Gasteiger partial charge in [0.2, 0.25) is 0 Å². The summed E-state index contributed by atoms with van der Waals surface area (Å²) in [7, 11) is 1.36. The summed E-state index contributed by atoms with van der Waals surface area (Å²) in [5, 5.41) is 0. The summed E-state index contributed by atoms with van der Waals surface area (Å²) in [5.41, 5.74) is 3.62. The number of carbonyl (C=O) groups excluding carboxylic acids is 1.